The highest BCUT2D eigenvalue weighted by Crippen LogP contribution is 2.51. The molecule has 0 aromatic carbocycles. The van der Waals surface area contributed by atoms with Crippen LogP contribution in [0.25, 0.3) is 0 Å². The maximum Gasteiger partial charge on any atom is -0.00137 e. The van der Waals surface area contributed by atoms with Crippen molar-refractivity contribution in [2.45, 2.75) is 78.1 Å². The maximum absolute atomic E-state index is 8.05. The van der Waals surface area contributed by atoms with E-state index in [-0.39, 0.29) is 0 Å². The molecule has 1 N–H and O–H groups in total. The van der Waals surface area contributed by atoms with Gasteiger partial charge in [-0.3, -0.25) is 0 Å². The first-order valence-corrected chi connectivity index (χ1v) is 10.2. The molecule has 0 aliphatic heterocycles. The van der Waals surface area contributed by atoms with E-state index in [9.17, 15) is 0 Å². The van der Waals surface area contributed by atoms with Gasteiger partial charge in [-0.15, -0.1) is 0 Å². The minimum atomic E-state index is 0.522. The average molecular weight is 314 g/mol. The van der Waals surface area contributed by atoms with E-state index in [0.717, 1.165) is 23.7 Å². The third-order valence-corrected chi connectivity index (χ3v) is 7.04. The molecular weight excluding hydrogens is 278 g/mol. The molecule has 23 heavy (non-hydrogen) atoms. The summed E-state index contributed by atoms with van der Waals surface area (Å²) in [4.78, 5) is 0. The number of allylic oxidation sites excluding steroid dienone is 4. The monoisotopic (exact) mass is 313 g/mol. The van der Waals surface area contributed by atoms with Crippen LogP contribution >= 0.6 is 0 Å². The van der Waals surface area contributed by atoms with Crippen LogP contribution in [0, 0.1) is 35.0 Å². The van der Waals surface area contributed by atoms with Gasteiger partial charge in [0.15, 0.2) is 0 Å². The van der Waals surface area contributed by atoms with E-state index in [4.69, 9.17) is 5.41 Å². The Morgan fingerprint density at radius 1 is 1.13 bits per heavy atom. The van der Waals surface area contributed by atoms with Crippen molar-refractivity contribution in [1.82, 2.24) is 0 Å². The van der Waals surface area contributed by atoms with Crippen LogP contribution in [0.3, 0.4) is 0 Å². The SMILES string of the molecule is CCC1C2=C(C=CCC2)C(CC(C=N)C2CCCCC2)C1CC. The Morgan fingerprint density at radius 2 is 1.91 bits per heavy atom. The maximum atomic E-state index is 8.05. The summed E-state index contributed by atoms with van der Waals surface area (Å²) in [6, 6.07) is 0. The van der Waals surface area contributed by atoms with Gasteiger partial charge in [0.05, 0.1) is 0 Å². The molecule has 3 aliphatic rings. The zero-order chi connectivity index (χ0) is 16.2. The summed E-state index contributed by atoms with van der Waals surface area (Å²) in [5, 5.41) is 8.05. The topological polar surface area (TPSA) is 23.9 Å². The Bertz CT molecular complexity index is 466. The molecule has 0 aromatic heterocycles. The number of hydrogen-bond acceptors (Lipinski definition) is 1. The molecular formula is C22H35N. The molecule has 128 valence electrons. The van der Waals surface area contributed by atoms with Crippen molar-refractivity contribution in [3.8, 4) is 0 Å². The van der Waals surface area contributed by atoms with Gasteiger partial charge in [-0.05, 0) is 79.9 Å². The molecule has 4 unspecified atom stereocenters. The zero-order valence-corrected chi connectivity index (χ0v) is 15.2. The minimum absolute atomic E-state index is 0.522. The van der Waals surface area contributed by atoms with Crippen LogP contribution in [0.2, 0.25) is 0 Å². The van der Waals surface area contributed by atoms with Gasteiger partial charge in [0.25, 0.3) is 0 Å². The number of hydrogen-bond donors (Lipinski definition) is 1. The summed E-state index contributed by atoms with van der Waals surface area (Å²) < 4.78 is 0. The lowest BCUT2D eigenvalue weighted by molar-refractivity contribution is 0.228. The van der Waals surface area contributed by atoms with Crippen LogP contribution in [0.4, 0.5) is 0 Å². The molecule has 1 nitrogen and oxygen atoms in total. The van der Waals surface area contributed by atoms with E-state index in [1.165, 1.54) is 64.2 Å². The predicted molar refractivity (Wildman–Crippen MR) is 99.9 cm³/mol. The fraction of sp³-hybridized carbons (Fsp3) is 0.773. The molecule has 3 aliphatic carbocycles. The van der Waals surface area contributed by atoms with Crippen LogP contribution < -0.4 is 0 Å². The van der Waals surface area contributed by atoms with Gasteiger partial charge < -0.3 is 5.41 Å². The van der Waals surface area contributed by atoms with Crippen molar-refractivity contribution in [3.63, 3.8) is 0 Å². The van der Waals surface area contributed by atoms with Crippen molar-refractivity contribution >= 4 is 6.21 Å². The van der Waals surface area contributed by atoms with Crippen molar-refractivity contribution in [3.05, 3.63) is 23.3 Å². The van der Waals surface area contributed by atoms with Gasteiger partial charge in [-0.2, -0.15) is 0 Å². The number of nitrogens with one attached hydrogen (secondary N) is 1. The van der Waals surface area contributed by atoms with E-state index in [2.05, 4.69) is 26.0 Å². The van der Waals surface area contributed by atoms with Crippen molar-refractivity contribution in [1.29, 1.82) is 5.41 Å². The Hall–Kier alpha value is -0.850. The standard InChI is InChI=1S/C22H35N/c1-3-18-19(4-2)22(21-13-9-8-12-20(18)21)14-17(15-23)16-10-6-5-7-11-16/h9,13,15-19,22-23H,3-8,10-12,14H2,1-2H3. The smallest absolute Gasteiger partial charge is 0.00137 e. The van der Waals surface area contributed by atoms with Crippen molar-refractivity contribution in [2.24, 2.45) is 29.6 Å². The van der Waals surface area contributed by atoms with Crippen LogP contribution in [0.1, 0.15) is 78.1 Å². The second-order valence-electron chi connectivity index (χ2n) is 8.08. The minimum Gasteiger partial charge on any atom is -0.313 e. The Kier molecular flexibility index (Phi) is 5.77. The van der Waals surface area contributed by atoms with Gasteiger partial charge in [0, 0.05) is 0 Å². The highest BCUT2D eigenvalue weighted by atomic mass is 14.5. The molecule has 1 heteroatoms. The lowest BCUT2D eigenvalue weighted by atomic mass is 9.72. The molecule has 1 saturated carbocycles. The predicted octanol–water partition coefficient (Wildman–Crippen LogP) is 6.55. The van der Waals surface area contributed by atoms with E-state index < -0.39 is 0 Å². The first kappa shape index (κ1) is 17.0. The third-order valence-electron chi connectivity index (χ3n) is 7.04. The Labute approximate surface area is 143 Å². The molecule has 4 atom stereocenters. The van der Waals surface area contributed by atoms with E-state index in [0.29, 0.717) is 5.92 Å². The van der Waals surface area contributed by atoms with Gasteiger partial charge in [-0.1, -0.05) is 57.3 Å². The average Bonchev–Trinajstić information content (AvgIpc) is 2.93. The molecule has 0 aromatic rings. The highest BCUT2D eigenvalue weighted by molar-refractivity contribution is 5.57. The fourth-order valence-electron chi connectivity index (χ4n) is 5.90. The summed E-state index contributed by atoms with van der Waals surface area (Å²) in [6.07, 6.45) is 20.0. The summed E-state index contributed by atoms with van der Waals surface area (Å²) in [5.41, 5.74) is 3.48. The highest BCUT2D eigenvalue weighted by Gasteiger charge is 2.41. The fourth-order valence-corrected chi connectivity index (χ4v) is 5.90. The van der Waals surface area contributed by atoms with Gasteiger partial charge in [-0.25, -0.2) is 0 Å². The molecule has 0 heterocycles. The molecule has 0 saturated heterocycles. The lowest BCUT2D eigenvalue weighted by Crippen LogP contribution is -2.25. The first-order valence-electron chi connectivity index (χ1n) is 10.2. The Balaban J connectivity index is 1.79. The van der Waals surface area contributed by atoms with E-state index >= 15 is 0 Å². The molecule has 0 spiro atoms. The summed E-state index contributed by atoms with van der Waals surface area (Å²) in [5.74, 6) is 3.69. The van der Waals surface area contributed by atoms with Gasteiger partial charge in [0.2, 0.25) is 0 Å². The first-order chi connectivity index (χ1) is 11.3. The van der Waals surface area contributed by atoms with Crippen molar-refractivity contribution < 1.29 is 0 Å². The molecule has 1 fully saturated rings. The van der Waals surface area contributed by atoms with Crippen LogP contribution in [0.5, 0.6) is 0 Å². The third kappa shape index (κ3) is 3.35. The molecule has 0 radical (unpaired) electrons. The van der Waals surface area contributed by atoms with E-state index in [1.807, 2.05) is 6.21 Å². The quantitative estimate of drug-likeness (QED) is 0.537. The molecule has 3 rings (SSSR count). The normalized spacial score (nSPS) is 32.9. The van der Waals surface area contributed by atoms with Gasteiger partial charge in [0.1, 0.15) is 0 Å². The zero-order valence-electron chi connectivity index (χ0n) is 15.2. The second kappa shape index (κ2) is 7.81. The van der Waals surface area contributed by atoms with Gasteiger partial charge >= 0.3 is 0 Å². The van der Waals surface area contributed by atoms with Crippen molar-refractivity contribution in [2.75, 3.05) is 0 Å². The van der Waals surface area contributed by atoms with E-state index in [1.54, 1.807) is 11.1 Å². The lowest BCUT2D eigenvalue weighted by Gasteiger charge is -2.32. The van der Waals surface area contributed by atoms with Crippen LogP contribution in [-0.4, -0.2) is 6.21 Å². The van der Waals surface area contributed by atoms with Crippen LogP contribution in [0.15, 0.2) is 23.3 Å². The number of rotatable bonds is 6. The Morgan fingerprint density at radius 3 is 2.57 bits per heavy atom. The largest absolute Gasteiger partial charge is 0.313 e. The molecule has 0 amide bonds. The second-order valence-corrected chi connectivity index (χ2v) is 8.08. The summed E-state index contributed by atoms with van der Waals surface area (Å²) in [6.45, 7) is 4.77. The van der Waals surface area contributed by atoms with Crippen LogP contribution in [-0.2, 0) is 0 Å². The summed E-state index contributed by atoms with van der Waals surface area (Å²) >= 11 is 0. The molecule has 0 bridgehead atoms. The summed E-state index contributed by atoms with van der Waals surface area (Å²) in [7, 11) is 0.